The molecule has 0 spiro atoms. The Hall–Kier alpha value is -2.13. The van der Waals surface area contributed by atoms with Crippen molar-refractivity contribution in [2.75, 3.05) is 7.11 Å². The highest BCUT2D eigenvalue weighted by atomic mass is 32.1. The summed E-state index contributed by atoms with van der Waals surface area (Å²) in [4.78, 5) is 11.4. The minimum atomic E-state index is -0.304. The molecule has 19 heavy (non-hydrogen) atoms. The van der Waals surface area contributed by atoms with Gasteiger partial charge in [0.25, 0.3) is 0 Å². The molecule has 1 heterocycles. The Bertz CT molecular complexity index is 726. The van der Waals surface area contributed by atoms with Crippen LogP contribution >= 0.6 is 11.3 Å². The average molecular weight is 268 g/mol. The second kappa shape index (κ2) is 4.86. The molecule has 0 N–H and O–H groups in total. The molecule has 0 unspecified atom stereocenters. The first kappa shape index (κ1) is 11.9. The summed E-state index contributed by atoms with van der Waals surface area (Å²) in [6.45, 7) is 0. The van der Waals surface area contributed by atoms with Gasteiger partial charge in [-0.3, -0.25) is 0 Å². The lowest BCUT2D eigenvalue weighted by Crippen LogP contribution is -2.00. The highest BCUT2D eigenvalue weighted by molar-refractivity contribution is 7.17. The van der Waals surface area contributed by atoms with Crippen LogP contribution in [0.4, 0.5) is 0 Å². The first-order chi connectivity index (χ1) is 9.29. The molecule has 94 valence electrons. The fourth-order valence-corrected chi connectivity index (χ4v) is 3.08. The van der Waals surface area contributed by atoms with Crippen LogP contribution in [0.2, 0.25) is 0 Å². The normalized spacial score (nSPS) is 10.6. The molecular formula is C16H12O2S. The molecule has 3 aromatic rings. The Labute approximate surface area is 115 Å². The van der Waals surface area contributed by atoms with Gasteiger partial charge in [0.2, 0.25) is 0 Å². The van der Waals surface area contributed by atoms with Crippen molar-refractivity contribution in [1.82, 2.24) is 0 Å². The second-order valence-electron chi connectivity index (χ2n) is 4.21. The van der Waals surface area contributed by atoms with Crippen molar-refractivity contribution in [2.24, 2.45) is 0 Å². The first-order valence-electron chi connectivity index (χ1n) is 5.94. The number of carbonyl (C=O) groups is 1. The number of ether oxygens (including phenoxy) is 1. The third kappa shape index (κ3) is 2.13. The zero-order valence-electron chi connectivity index (χ0n) is 10.4. The predicted octanol–water partition coefficient (Wildman–Crippen LogP) is 4.35. The molecule has 0 radical (unpaired) electrons. The van der Waals surface area contributed by atoms with Gasteiger partial charge in [0.05, 0.1) is 12.7 Å². The molecule has 1 aromatic heterocycles. The van der Waals surface area contributed by atoms with E-state index in [1.54, 1.807) is 23.5 Å². The van der Waals surface area contributed by atoms with Crippen LogP contribution in [-0.4, -0.2) is 13.1 Å². The van der Waals surface area contributed by atoms with E-state index in [1.165, 1.54) is 22.8 Å². The van der Waals surface area contributed by atoms with Crippen LogP contribution in [0.15, 0.2) is 53.9 Å². The topological polar surface area (TPSA) is 26.3 Å². The number of rotatable bonds is 2. The van der Waals surface area contributed by atoms with Crippen LogP contribution in [0.25, 0.3) is 21.2 Å². The van der Waals surface area contributed by atoms with Gasteiger partial charge in [0.1, 0.15) is 0 Å². The van der Waals surface area contributed by atoms with Crippen molar-refractivity contribution in [3.8, 4) is 11.1 Å². The zero-order chi connectivity index (χ0) is 13.2. The molecule has 0 aliphatic rings. The van der Waals surface area contributed by atoms with E-state index >= 15 is 0 Å². The fraction of sp³-hybridized carbons (Fsp3) is 0.0625. The highest BCUT2D eigenvalue weighted by Gasteiger charge is 2.08. The number of hydrogen-bond acceptors (Lipinski definition) is 3. The summed E-state index contributed by atoms with van der Waals surface area (Å²) in [6, 6.07) is 15.8. The third-order valence-electron chi connectivity index (χ3n) is 3.10. The Morgan fingerprint density at radius 3 is 2.53 bits per heavy atom. The summed E-state index contributed by atoms with van der Waals surface area (Å²) in [5, 5.41) is 3.40. The van der Waals surface area contributed by atoms with E-state index < -0.39 is 0 Å². The number of hydrogen-bond donors (Lipinski definition) is 0. The Morgan fingerprint density at radius 1 is 1.05 bits per heavy atom. The number of carbonyl (C=O) groups excluding carboxylic acids is 1. The summed E-state index contributed by atoms with van der Waals surface area (Å²) in [6.07, 6.45) is 0. The quantitative estimate of drug-likeness (QED) is 0.646. The lowest BCUT2D eigenvalue weighted by molar-refractivity contribution is 0.0601. The molecule has 0 aliphatic heterocycles. The van der Waals surface area contributed by atoms with Crippen molar-refractivity contribution in [1.29, 1.82) is 0 Å². The van der Waals surface area contributed by atoms with Gasteiger partial charge in [-0.2, -0.15) is 0 Å². The number of esters is 1. The SMILES string of the molecule is COC(=O)c1ccc(-c2csc3ccccc23)cc1. The summed E-state index contributed by atoms with van der Waals surface area (Å²) in [5.74, 6) is -0.304. The van der Waals surface area contributed by atoms with E-state index in [1.807, 2.05) is 24.3 Å². The van der Waals surface area contributed by atoms with Crippen LogP contribution < -0.4 is 0 Å². The van der Waals surface area contributed by atoms with Crippen LogP contribution in [-0.2, 0) is 4.74 Å². The van der Waals surface area contributed by atoms with Crippen LogP contribution in [0, 0.1) is 0 Å². The Kier molecular flexibility index (Phi) is 3.05. The average Bonchev–Trinajstić information content (AvgIpc) is 2.90. The van der Waals surface area contributed by atoms with Crippen molar-refractivity contribution in [2.45, 2.75) is 0 Å². The van der Waals surface area contributed by atoms with Crippen molar-refractivity contribution >= 4 is 27.4 Å². The maximum absolute atomic E-state index is 11.4. The second-order valence-corrected chi connectivity index (χ2v) is 5.13. The maximum Gasteiger partial charge on any atom is 0.337 e. The van der Waals surface area contributed by atoms with Crippen molar-refractivity contribution in [3.05, 3.63) is 59.5 Å². The van der Waals surface area contributed by atoms with Gasteiger partial charge < -0.3 is 4.74 Å². The molecule has 0 saturated carbocycles. The smallest absolute Gasteiger partial charge is 0.337 e. The maximum atomic E-state index is 11.4. The van der Waals surface area contributed by atoms with Crippen LogP contribution in [0.1, 0.15) is 10.4 Å². The van der Waals surface area contributed by atoms with E-state index in [0.717, 1.165) is 5.56 Å². The summed E-state index contributed by atoms with van der Waals surface area (Å²) in [7, 11) is 1.39. The third-order valence-corrected chi connectivity index (χ3v) is 4.06. The molecule has 0 saturated heterocycles. The molecule has 0 atom stereocenters. The van der Waals surface area contributed by atoms with Gasteiger partial charge >= 0.3 is 5.97 Å². The van der Waals surface area contributed by atoms with Crippen LogP contribution in [0.5, 0.6) is 0 Å². The van der Waals surface area contributed by atoms with E-state index in [9.17, 15) is 4.79 Å². The summed E-state index contributed by atoms with van der Waals surface area (Å²) >= 11 is 1.73. The number of thiophene rings is 1. The Balaban J connectivity index is 2.05. The van der Waals surface area contributed by atoms with Gasteiger partial charge in [0.15, 0.2) is 0 Å². The molecule has 0 aliphatic carbocycles. The van der Waals surface area contributed by atoms with Gasteiger partial charge in [-0.25, -0.2) is 4.79 Å². The molecule has 2 aromatic carbocycles. The van der Waals surface area contributed by atoms with Gasteiger partial charge in [-0.15, -0.1) is 11.3 Å². The predicted molar refractivity (Wildman–Crippen MR) is 78.6 cm³/mol. The first-order valence-corrected chi connectivity index (χ1v) is 6.82. The minimum absolute atomic E-state index is 0.304. The van der Waals surface area contributed by atoms with E-state index in [-0.39, 0.29) is 5.97 Å². The summed E-state index contributed by atoms with van der Waals surface area (Å²) in [5.41, 5.74) is 2.90. The monoisotopic (exact) mass is 268 g/mol. The van der Waals surface area contributed by atoms with Gasteiger partial charge in [-0.1, -0.05) is 30.3 Å². The fourth-order valence-electron chi connectivity index (χ4n) is 2.11. The van der Waals surface area contributed by atoms with Crippen molar-refractivity contribution in [3.63, 3.8) is 0 Å². The van der Waals surface area contributed by atoms with E-state index in [0.29, 0.717) is 5.56 Å². The zero-order valence-corrected chi connectivity index (χ0v) is 11.2. The van der Waals surface area contributed by atoms with Crippen molar-refractivity contribution < 1.29 is 9.53 Å². The lowest BCUT2D eigenvalue weighted by atomic mass is 10.0. The van der Waals surface area contributed by atoms with E-state index in [2.05, 4.69) is 17.5 Å². The molecular weight excluding hydrogens is 256 g/mol. The van der Waals surface area contributed by atoms with Crippen LogP contribution in [0.3, 0.4) is 0 Å². The Morgan fingerprint density at radius 2 is 1.79 bits per heavy atom. The minimum Gasteiger partial charge on any atom is -0.465 e. The number of benzene rings is 2. The number of methoxy groups -OCH3 is 1. The molecule has 0 amide bonds. The summed E-state index contributed by atoms with van der Waals surface area (Å²) < 4.78 is 5.97. The largest absolute Gasteiger partial charge is 0.465 e. The molecule has 0 fully saturated rings. The molecule has 0 bridgehead atoms. The highest BCUT2D eigenvalue weighted by Crippen LogP contribution is 2.33. The molecule has 2 nitrogen and oxygen atoms in total. The number of fused-ring (bicyclic) bond motifs is 1. The molecule has 3 heteroatoms. The standard InChI is InChI=1S/C16H12O2S/c1-18-16(17)12-8-6-11(7-9-12)14-10-19-15-5-3-2-4-13(14)15/h2-10H,1H3. The van der Waals surface area contributed by atoms with Gasteiger partial charge in [0, 0.05) is 15.6 Å². The lowest BCUT2D eigenvalue weighted by Gasteiger charge is -2.02. The molecule has 3 rings (SSSR count). The van der Waals surface area contributed by atoms with Gasteiger partial charge in [-0.05, 0) is 29.1 Å². The van der Waals surface area contributed by atoms with E-state index in [4.69, 9.17) is 4.74 Å².